The molecule has 1 fully saturated rings. The first-order valence-electron chi connectivity index (χ1n) is 5.34. The molecule has 1 aliphatic heterocycles. The third kappa shape index (κ3) is 3.14. The Morgan fingerprint density at radius 1 is 1.71 bits per heavy atom. The van der Waals surface area contributed by atoms with E-state index in [1.54, 1.807) is 6.08 Å². The van der Waals surface area contributed by atoms with Gasteiger partial charge < -0.3 is 10.2 Å². The van der Waals surface area contributed by atoms with Crippen molar-refractivity contribution in [3.63, 3.8) is 0 Å². The normalized spacial score (nSPS) is 22.1. The number of nitrogens with zero attached hydrogens (tertiary/aromatic N) is 1. The molecule has 0 aromatic rings. The second kappa shape index (κ2) is 5.81. The predicted molar refractivity (Wildman–Crippen MR) is 58.1 cm³/mol. The molecule has 80 valence electrons. The van der Waals surface area contributed by atoms with E-state index in [2.05, 4.69) is 11.9 Å². The van der Waals surface area contributed by atoms with Crippen LogP contribution in [0, 0.1) is 0 Å². The van der Waals surface area contributed by atoms with Gasteiger partial charge in [0.05, 0.1) is 0 Å². The van der Waals surface area contributed by atoms with Gasteiger partial charge in [-0.3, -0.25) is 4.79 Å². The van der Waals surface area contributed by atoms with Crippen LogP contribution in [0.3, 0.4) is 0 Å². The molecule has 1 saturated heterocycles. The van der Waals surface area contributed by atoms with Gasteiger partial charge in [0.15, 0.2) is 0 Å². The lowest BCUT2D eigenvalue weighted by molar-refractivity contribution is -0.132. The number of likely N-dealkylation sites (N-methyl/N-ethyl adjacent to an activating group) is 1. The number of nitrogens with one attached hydrogen (secondary N) is 1. The number of allylic oxidation sites excluding steroid dienone is 1. The number of carbonyl (C=O) groups excluding carboxylic acids is 1. The van der Waals surface area contributed by atoms with Crippen molar-refractivity contribution in [2.45, 2.75) is 31.7 Å². The molecule has 0 aliphatic carbocycles. The van der Waals surface area contributed by atoms with Gasteiger partial charge >= 0.3 is 0 Å². The molecule has 0 aromatic heterocycles. The lowest BCUT2D eigenvalue weighted by Crippen LogP contribution is -2.46. The molecule has 14 heavy (non-hydrogen) atoms. The monoisotopic (exact) mass is 196 g/mol. The van der Waals surface area contributed by atoms with Gasteiger partial charge in [0, 0.05) is 25.6 Å². The van der Waals surface area contributed by atoms with Crippen molar-refractivity contribution in [2.75, 3.05) is 20.1 Å². The number of hydrogen-bond acceptors (Lipinski definition) is 2. The summed E-state index contributed by atoms with van der Waals surface area (Å²) in [6, 6.07) is 0.483. The van der Waals surface area contributed by atoms with Crippen LogP contribution >= 0.6 is 0 Å². The Bertz CT molecular complexity index is 203. The second-order valence-electron chi connectivity index (χ2n) is 3.79. The zero-order chi connectivity index (χ0) is 10.4. The summed E-state index contributed by atoms with van der Waals surface area (Å²) in [5.41, 5.74) is 0. The van der Waals surface area contributed by atoms with Crippen molar-refractivity contribution in [1.82, 2.24) is 10.2 Å². The van der Waals surface area contributed by atoms with Crippen molar-refractivity contribution >= 4 is 5.91 Å². The lowest BCUT2D eigenvalue weighted by Gasteiger charge is -2.32. The van der Waals surface area contributed by atoms with Gasteiger partial charge in [0.1, 0.15) is 0 Å². The Morgan fingerprint density at radius 3 is 3.14 bits per heavy atom. The van der Waals surface area contributed by atoms with E-state index >= 15 is 0 Å². The van der Waals surface area contributed by atoms with Crippen LogP contribution < -0.4 is 5.32 Å². The highest BCUT2D eigenvalue weighted by molar-refractivity contribution is 5.76. The number of likely N-dealkylation sites (tertiary alicyclic amines) is 1. The summed E-state index contributed by atoms with van der Waals surface area (Å²) in [5.74, 6) is 0.268. The van der Waals surface area contributed by atoms with Crippen molar-refractivity contribution in [3.8, 4) is 0 Å². The maximum absolute atomic E-state index is 11.7. The fourth-order valence-corrected chi connectivity index (χ4v) is 1.82. The quantitative estimate of drug-likeness (QED) is 0.684. The van der Waals surface area contributed by atoms with Crippen molar-refractivity contribution in [1.29, 1.82) is 0 Å². The minimum atomic E-state index is 0.268. The summed E-state index contributed by atoms with van der Waals surface area (Å²) in [5, 5.41) is 3.23. The average Bonchev–Trinajstić information content (AvgIpc) is 2.26. The maximum atomic E-state index is 11.7. The van der Waals surface area contributed by atoms with Gasteiger partial charge in [-0.15, -0.1) is 6.58 Å². The molecule has 1 aliphatic rings. The molecule has 0 aromatic carbocycles. The van der Waals surface area contributed by atoms with Gasteiger partial charge in [0.25, 0.3) is 0 Å². The third-order valence-corrected chi connectivity index (χ3v) is 2.74. The molecule has 0 radical (unpaired) electrons. The molecule has 1 atom stereocenters. The lowest BCUT2D eigenvalue weighted by atomic mass is 10.1. The molecule has 3 heteroatoms. The predicted octanol–water partition coefficient (Wildman–Crippen LogP) is 1.16. The summed E-state index contributed by atoms with van der Waals surface area (Å²) in [4.78, 5) is 13.6. The smallest absolute Gasteiger partial charge is 0.222 e. The Labute approximate surface area is 86.2 Å². The Morgan fingerprint density at radius 2 is 2.50 bits per heavy atom. The van der Waals surface area contributed by atoms with E-state index in [4.69, 9.17) is 0 Å². The molecule has 1 heterocycles. The first-order valence-corrected chi connectivity index (χ1v) is 5.34. The minimum absolute atomic E-state index is 0.268. The molecule has 3 nitrogen and oxygen atoms in total. The van der Waals surface area contributed by atoms with E-state index in [1.165, 1.54) is 6.42 Å². The van der Waals surface area contributed by atoms with Crippen LogP contribution in [0.4, 0.5) is 0 Å². The van der Waals surface area contributed by atoms with Crippen LogP contribution in [0.5, 0.6) is 0 Å². The number of amides is 1. The van der Waals surface area contributed by atoms with Crippen LogP contribution in [0.25, 0.3) is 0 Å². The Balaban J connectivity index is 2.35. The minimum Gasteiger partial charge on any atom is -0.341 e. The zero-order valence-corrected chi connectivity index (χ0v) is 8.96. The number of piperidine rings is 1. The van der Waals surface area contributed by atoms with E-state index in [-0.39, 0.29) is 5.91 Å². The van der Waals surface area contributed by atoms with E-state index in [1.807, 2.05) is 11.9 Å². The Hall–Kier alpha value is -0.830. The number of hydrogen-bond donors (Lipinski definition) is 1. The molecule has 0 bridgehead atoms. The standard InChI is InChI=1S/C11H20N2O/c1-3-4-7-11(14)13-8-5-6-10(9-13)12-2/h3,10,12H,1,4-9H2,2H3. The number of rotatable bonds is 4. The van der Waals surface area contributed by atoms with E-state index in [0.29, 0.717) is 12.5 Å². The number of carbonyl (C=O) groups is 1. The van der Waals surface area contributed by atoms with Gasteiger partial charge in [-0.1, -0.05) is 6.08 Å². The topological polar surface area (TPSA) is 32.3 Å². The first kappa shape index (κ1) is 11.2. The average molecular weight is 196 g/mol. The fraction of sp³-hybridized carbons (Fsp3) is 0.727. The van der Waals surface area contributed by atoms with Crippen molar-refractivity contribution < 1.29 is 4.79 Å². The molecule has 1 unspecified atom stereocenters. The van der Waals surface area contributed by atoms with Gasteiger partial charge in [-0.05, 0) is 26.3 Å². The van der Waals surface area contributed by atoms with Gasteiger partial charge in [-0.25, -0.2) is 0 Å². The van der Waals surface area contributed by atoms with E-state index in [9.17, 15) is 4.79 Å². The van der Waals surface area contributed by atoms with Crippen LogP contribution in [0.15, 0.2) is 12.7 Å². The SMILES string of the molecule is C=CCCC(=O)N1CCCC(NC)C1. The summed E-state index contributed by atoms with van der Waals surface area (Å²) < 4.78 is 0. The molecule has 0 spiro atoms. The van der Waals surface area contributed by atoms with Crippen molar-refractivity contribution in [3.05, 3.63) is 12.7 Å². The van der Waals surface area contributed by atoms with Crippen LogP contribution in [-0.4, -0.2) is 37.0 Å². The molecular weight excluding hydrogens is 176 g/mol. The van der Waals surface area contributed by atoms with Crippen molar-refractivity contribution in [2.24, 2.45) is 0 Å². The summed E-state index contributed by atoms with van der Waals surface area (Å²) >= 11 is 0. The Kier molecular flexibility index (Phi) is 4.66. The maximum Gasteiger partial charge on any atom is 0.222 e. The highest BCUT2D eigenvalue weighted by atomic mass is 16.2. The first-order chi connectivity index (χ1) is 6.77. The molecule has 1 N–H and O–H groups in total. The molecule has 0 saturated carbocycles. The highest BCUT2D eigenvalue weighted by Crippen LogP contribution is 2.11. The summed E-state index contributed by atoms with van der Waals surface area (Å²) in [7, 11) is 1.96. The van der Waals surface area contributed by atoms with Crippen LogP contribution in [0.1, 0.15) is 25.7 Å². The third-order valence-electron chi connectivity index (χ3n) is 2.74. The van der Waals surface area contributed by atoms with E-state index < -0.39 is 0 Å². The highest BCUT2D eigenvalue weighted by Gasteiger charge is 2.21. The summed E-state index contributed by atoms with van der Waals surface area (Å²) in [6.45, 7) is 5.42. The zero-order valence-electron chi connectivity index (χ0n) is 8.96. The fourth-order valence-electron chi connectivity index (χ4n) is 1.82. The molecule has 1 rings (SSSR count). The summed E-state index contributed by atoms with van der Waals surface area (Å²) in [6.07, 6.45) is 5.50. The molecule has 1 amide bonds. The van der Waals surface area contributed by atoms with E-state index in [0.717, 1.165) is 25.9 Å². The van der Waals surface area contributed by atoms with Gasteiger partial charge in [0.2, 0.25) is 5.91 Å². The molecular formula is C11H20N2O. The van der Waals surface area contributed by atoms with Crippen LogP contribution in [-0.2, 0) is 4.79 Å². The largest absolute Gasteiger partial charge is 0.341 e. The van der Waals surface area contributed by atoms with Gasteiger partial charge in [-0.2, -0.15) is 0 Å². The second-order valence-corrected chi connectivity index (χ2v) is 3.79. The van der Waals surface area contributed by atoms with Crippen LogP contribution in [0.2, 0.25) is 0 Å².